The highest BCUT2D eigenvalue weighted by Gasteiger charge is 2.21. The van der Waals surface area contributed by atoms with E-state index in [1.807, 2.05) is 54.6 Å². The first-order chi connectivity index (χ1) is 15.5. The number of hydrogen-bond acceptors (Lipinski definition) is 7. The zero-order valence-corrected chi connectivity index (χ0v) is 16.8. The number of benzene rings is 2. The summed E-state index contributed by atoms with van der Waals surface area (Å²) in [7, 11) is 0. The topological polar surface area (TPSA) is 144 Å². The third-order valence-electron chi connectivity index (χ3n) is 4.81. The Labute approximate surface area is 182 Å². The fraction of sp³-hybridized carbons (Fsp3) is 0.136. The van der Waals surface area contributed by atoms with Crippen LogP contribution in [0.5, 0.6) is 0 Å². The molecule has 4 aromatic rings. The number of carbonyl (C=O) groups is 2. The summed E-state index contributed by atoms with van der Waals surface area (Å²) in [5.41, 5.74) is 6.59. The number of carbonyl (C=O) groups excluding carboxylic acids is 1. The van der Waals surface area contributed by atoms with Crippen molar-refractivity contribution in [3.8, 4) is 11.1 Å². The number of amides is 1. The summed E-state index contributed by atoms with van der Waals surface area (Å²) in [6, 6.07) is 19.0. The number of nitrogens with zero attached hydrogens (tertiary/aromatic N) is 4. The first kappa shape index (κ1) is 21.1. The molecule has 4 N–H and O–H groups in total. The quantitative estimate of drug-likeness (QED) is 0.307. The van der Waals surface area contributed by atoms with Crippen molar-refractivity contribution in [1.82, 2.24) is 30.8 Å². The molecule has 0 radical (unpaired) electrons. The van der Waals surface area contributed by atoms with E-state index < -0.39 is 18.0 Å². The molecule has 0 spiro atoms. The van der Waals surface area contributed by atoms with Crippen LogP contribution >= 0.6 is 0 Å². The van der Waals surface area contributed by atoms with Crippen LogP contribution in [0.15, 0.2) is 66.9 Å². The van der Waals surface area contributed by atoms with Gasteiger partial charge in [-0.25, -0.2) is 14.8 Å². The van der Waals surface area contributed by atoms with Crippen molar-refractivity contribution in [2.45, 2.75) is 12.6 Å². The van der Waals surface area contributed by atoms with Crippen molar-refractivity contribution < 1.29 is 19.8 Å². The highest BCUT2D eigenvalue weighted by Crippen LogP contribution is 2.19. The maximum atomic E-state index is 12.7. The Morgan fingerprint density at radius 1 is 1.03 bits per heavy atom. The van der Waals surface area contributed by atoms with E-state index in [4.69, 9.17) is 5.11 Å². The van der Waals surface area contributed by atoms with Crippen molar-refractivity contribution in [2.24, 2.45) is 0 Å². The van der Waals surface area contributed by atoms with Crippen LogP contribution in [0.3, 0.4) is 0 Å². The number of hydrazine groups is 1. The highest BCUT2D eigenvalue weighted by atomic mass is 16.4. The molecule has 162 valence electrons. The second kappa shape index (κ2) is 9.33. The molecule has 2 aromatic carbocycles. The third-order valence-corrected chi connectivity index (χ3v) is 4.81. The lowest BCUT2D eigenvalue weighted by molar-refractivity contribution is -0.148. The molecule has 0 aliphatic rings. The van der Waals surface area contributed by atoms with Gasteiger partial charge in [0.25, 0.3) is 5.91 Å². The Kier molecular flexibility index (Phi) is 6.15. The van der Waals surface area contributed by atoms with Gasteiger partial charge in [0.2, 0.25) is 5.65 Å². The fourth-order valence-electron chi connectivity index (χ4n) is 3.16. The Morgan fingerprint density at radius 2 is 1.75 bits per heavy atom. The number of hydrogen-bond donors (Lipinski definition) is 4. The monoisotopic (exact) mass is 432 g/mol. The van der Waals surface area contributed by atoms with E-state index in [9.17, 15) is 14.7 Å². The van der Waals surface area contributed by atoms with E-state index in [0.717, 1.165) is 16.7 Å². The molecule has 1 atom stereocenters. The zero-order chi connectivity index (χ0) is 22.5. The molecule has 0 aliphatic heterocycles. The number of pyridine rings is 1. The summed E-state index contributed by atoms with van der Waals surface area (Å²) in [6.07, 6.45) is -0.323. The molecule has 10 nitrogen and oxygen atoms in total. The minimum atomic E-state index is -1.67. The number of nitrogens with one attached hydrogen (secondary N) is 2. The summed E-state index contributed by atoms with van der Waals surface area (Å²) in [6.45, 7) is -0.119. The maximum Gasteiger partial charge on any atom is 0.333 e. The number of aliphatic hydroxyl groups excluding tert-OH is 1. The highest BCUT2D eigenvalue weighted by molar-refractivity contribution is 5.95. The second-order valence-electron chi connectivity index (χ2n) is 7.13. The van der Waals surface area contributed by atoms with Crippen molar-refractivity contribution in [3.05, 3.63) is 78.0 Å². The van der Waals surface area contributed by atoms with Crippen LogP contribution < -0.4 is 5.43 Å². The van der Waals surface area contributed by atoms with Crippen molar-refractivity contribution in [2.75, 3.05) is 6.54 Å². The largest absolute Gasteiger partial charge is 0.479 e. The standard InChI is InChI=1S/C22H20N6O4/c29-19(22(31)32)13-28(26-21(30)17-10-18-20(23-11-17)25-27-24-18)12-14-6-8-16(9-7-14)15-4-2-1-3-5-15/h1-11,19,29H,12-13H2,(H,26,30)(H,31,32)(H,23,24,25,27). The number of aromatic amines is 1. The van der Waals surface area contributed by atoms with Gasteiger partial charge in [-0.3, -0.25) is 10.2 Å². The number of carboxylic acids is 1. The van der Waals surface area contributed by atoms with Gasteiger partial charge in [-0.05, 0) is 22.8 Å². The fourth-order valence-corrected chi connectivity index (χ4v) is 3.16. The predicted molar refractivity (Wildman–Crippen MR) is 115 cm³/mol. The SMILES string of the molecule is O=C(NN(Cc1ccc(-c2ccccc2)cc1)CC(O)C(=O)O)c1cnc2n[nH]nc2c1. The number of carboxylic acid groups (broad SMARTS) is 1. The molecular weight excluding hydrogens is 412 g/mol. The zero-order valence-electron chi connectivity index (χ0n) is 16.8. The Bertz CT molecular complexity index is 1230. The average molecular weight is 432 g/mol. The molecule has 4 rings (SSSR count). The van der Waals surface area contributed by atoms with Crippen LogP contribution in [-0.4, -0.2) is 60.1 Å². The van der Waals surface area contributed by atoms with E-state index in [0.29, 0.717) is 11.2 Å². The van der Waals surface area contributed by atoms with Crippen LogP contribution in [0.2, 0.25) is 0 Å². The Morgan fingerprint density at radius 3 is 2.47 bits per heavy atom. The summed E-state index contributed by atoms with van der Waals surface area (Å²) in [5, 5.41) is 30.4. The molecule has 0 saturated carbocycles. The molecule has 1 amide bonds. The summed E-state index contributed by atoms with van der Waals surface area (Å²) in [4.78, 5) is 27.9. The number of aliphatic hydroxyl groups is 1. The van der Waals surface area contributed by atoms with Crippen LogP contribution in [0.4, 0.5) is 0 Å². The minimum Gasteiger partial charge on any atom is -0.479 e. The normalized spacial score (nSPS) is 12.1. The van der Waals surface area contributed by atoms with Gasteiger partial charge < -0.3 is 10.2 Å². The number of aromatic nitrogens is 4. The van der Waals surface area contributed by atoms with Gasteiger partial charge in [0, 0.05) is 12.7 Å². The van der Waals surface area contributed by atoms with E-state index in [2.05, 4.69) is 25.8 Å². The van der Waals surface area contributed by atoms with Gasteiger partial charge in [-0.1, -0.05) is 54.6 Å². The average Bonchev–Trinajstić information content (AvgIpc) is 3.28. The van der Waals surface area contributed by atoms with Crippen LogP contribution in [0.25, 0.3) is 22.3 Å². The molecule has 1 unspecified atom stereocenters. The van der Waals surface area contributed by atoms with E-state index >= 15 is 0 Å². The van der Waals surface area contributed by atoms with Gasteiger partial charge in [0.1, 0.15) is 5.52 Å². The lowest BCUT2D eigenvalue weighted by Crippen LogP contribution is -2.47. The Balaban J connectivity index is 1.50. The van der Waals surface area contributed by atoms with Crippen LogP contribution in [0, 0.1) is 0 Å². The van der Waals surface area contributed by atoms with Gasteiger partial charge >= 0.3 is 5.97 Å². The summed E-state index contributed by atoms with van der Waals surface area (Å²) >= 11 is 0. The molecule has 0 bridgehead atoms. The lowest BCUT2D eigenvalue weighted by atomic mass is 10.0. The van der Waals surface area contributed by atoms with Gasteiger partial charge in [0.15, 0.2) is 6.10 Å². The van der Waals surface area contributed by atoms with Crippen molar-refractivity contribution >= 4 is 23.0 Å². The Hall–Kier alpha value is -4.15. The maximum absolute atomic E-state index is 12.7. The first-order valence-corrected chi connectivity index (χ1v) is 9.77. The molecule has 0 fully saturated rings. The van der Waals surface area contributed by atoms with Gasteiger partial charge in [-0.2, -0.15) is 10.3 Å². The second-order valence-corrected chi connectivity index (χ2v) is 7.13. The van der Waals surface area contributed by atoms with E-state index in [1.54, 1.807) is 0 Å². The minimum absolute atomic E-state index is 0.185. The van der Waals surface area contributed by atoms with Crippen LogP contribution in [0.1, 0.15) is 15.9 Å². The van der Waals surface area contributed by atoms with E-state index in [-0.39, 0.29) is 18.7 Å². The van der Waals surface area contributed by atoms with Gasteiger partial charge in [0.05, 0.1) is 12.1 Å². The number of rotatable bonds is 8. The number of H-pyrrole nitrogens is 1. The lowest BCUT2D eigenvalue weighted by Gasteiger charge is -2.24. The van der Waals surface area contributed by atoms with Crippen molar-refractivity contribution in [1.29, 1.82) is 0 Å². The number of fused-ring (bicyclic) bond motifs is 1. The predicted octanol–water partition coefficient (Wildman–Crippen LogP) is 1.61. The summed E-state index contributed by atoms with van der Waals surface area (Å²) in [5.74, 6) is -1.89. The van der Waals surface area contributed by atoms with Gasteiger partial charge in [-0.15, -0.1) is 5.10 Å². The number of aliphatic carboxylic acids is 1. The summed E-state index contributed by atoms with van der Waals surface area (Å²) < 4.78 is 0. The first-order valence-electron chi connectivity index (χ1n) is 9.77. The van der Waals surface area contributed by atoms with Crippen molar-refractivity contribution in [3.63, 3.8) is 0 Å². The molecule has 2 aromatic heterocycles. The molecule has 0 aliphatic carbocycles. The molecule has 32 heavy (non-hydrogen) atoms. The molecular formula is C22H20N6O4. The smallest absolute Gasteiger partial charge is 0.333 e. The van der Waals surface area contributed by atoms with Crippen LogP contribution in [-0.2, 0) is 11.3 Å². The molecule has 2 heterocycles. The molecule has 0 saturated heterocycles. The molecule has 10 heteroatoms. The third kappa shape index (κ3) is 4.94. The van der Waals surface area contributed by atoms with E-state index in [1.165, 1.54) is 17.3 Å².